The molecule has 0 bridgehead atoms. The van der Waals surface area contributed by atoms with Gasteiger partial charge in [-0.1, -0.05) is 12.1 Å². The fourth-order valence-electron chi connectivity index (χ4n) is 2.26. The van der Waals surface area contributed by atoms with E-state index in [2.05, 4.69) is 31.3 Å². The molecule has 0 aliphatic heterocycles. The summed E-state index contributed by atoms with van der Waals surface area (Å²) in [4.78, 5) is 2.76. The summed E-state index contributed by atoms with van der Waals surface area (Å²) in [5.74, 6) is 1.63. The zero-order valence-corrected chi connectivity index (χ0v) is 14.0. The second-order valence-electron chi connectivity index (χ2n) is 4.94. The van der Waals surface area contributed by atoms with Crippen molar-refractivity contribution in [2.45, 2.75) is 33.9 Å². The van der Waals surface area contributed by atoms with Crippen LogP contribution in [0.3, 0.4) is 0 Å². The SMILES string of the molecule is CCOc1cccc(CNCc2cc(C)c(C)s2)c1OC. The maximum Gasteiger partial charge on any atom is 0.165 e. The quantitative estimate of drug-likeness (QED) is 0.836. The molecule has 0 radical (unpaired) electrons. The molecule has 21 heavy (non-hydrogen) atoms. The van der Waals surface area contributed by atoms with Crippen molar-refractivity contribution in [3.8, 4) is 11.5 Å². The van der Waals surface area contributed by atoms with Gasteiger partial charge in [-0.25, -0.2) is 0 Å². The van der Waals surface area contributed by atoms with Gasteiger partial charge in [-0.2, -0.15) is 0 Å². The van der Waals surface area contributed by atoms with Gasteiger partial charge in [0.05, 0.1) is 13.7 Å². The van der Waals surface area contributed by atoms with Crippen molar-refractivity contribution in [1.29, 1.82) is 0 Å². The van der Waals surface area contributed by atoms with Crippen LogP contribution >= 0.6 is 11.3 Å². The van der Waals surface area contributed by atoms with E-state index in [1.54, 1.807) is 7.11 Å². The number of para-hydroxylation sites is 1. The van der Waals surface area contributed by atoms with Crippen LogP contribution in [0.4, 0.5) is 0 Å². The van der Waals surface area contributed by atoms with Crippen molar-refractivity contribution < 1.29 is 9.47 Å². The Hall–Kier alpha value is -1.52. The number of hydrogen-bond acceptors (Lipinski definition) is 4. The molecule has 0 unspecified atom stereocenters. The second-order valence-corrected chi connectivity index (χ2v) is 6.28. The van der Waals surface area contributed by atoms with E-state index in [-0.39, 0.29) is 0 Å². The number of nitrogens with one attached hydrogen (secondary N) is 1. The van der Waals surface area contributed by atoms with Gasteiger partial charge in [-0.15, -0.1) is 11.3 Å². The van der Waals surface area contributed by atoms with Crippen molar-refractivity contribution in [3.63, 3.8) is 0 Å². The highest BCUT2D eigenvalue weighted by molar-refractivity contribution is 7.12. The van der Waals surface area contributed by atoms with E-state index in [1.807, 2.05) is 30.4 Å². The summed E-state index contributed by atoms with van der Waals surface area (Å²) in [6.45, 7) is 8.58. The monoisotopic (exact) mass is 305 g/mol. The summed E-state index contributed by atoms with van der Waals surface area (Å²) in [7, 11) is 1.69. The van der Waals surface area contributed by atoms with Crippen LogP contribution in [0, 0.1) is 13.8 Å². The third-order valence-corrected chi connectivity index (χ3v) is 4.55. The second kappa shape index (κ2) is 7.48. The van der Waals surface area contributed by atoms with Crippen LogP contribution in [0.15, 0.2) is 24.3 Å². The van der Waals surface area contributed by atoms with Crippen LogP contribution in [0.1, 0.15) is 27.8 Å². The van der Waals surface area contributed by atoms with E-state index in [0.29, 0.717) is 6.61 Å². The van der Waals surface area contributed by atoms with Crippen LogP contribution in [0.25, 0.3) is 0 Å². The van der Waals surface area contributed by atoms with Gasteiger partial charge in [0, 0.05) is 28.4 Å². The number of ether oxygens (including phenoxy) is 2. The lowest BCUT2D eigenvalue weighted by Crippen LogP contribution is -2.13. The third-order valence-electron chi connectivity index (χ3n) is 3.40. The van der Waals surface area contributed by atoms with E-state index in [1.165, 1.54) is 15.3 Å². The lowest BCUT2D eigenvalue weighted by atomic mass is 10.2. The van der Waals surface area contributed by atoms with Gasteiger partial charge in [0.2, 0.25) is 0 Å². The normalized spacial score (nSPS) is 10.7. The Labute approximate surface area is 130 Å². The van der Waals surface area contributed by atoms with E-state index in [4.69, 9.17) is 9.47 Å². The van der Waals surface area contributed by atoms with Crippen molar-refractivity contribution in [2.75, 3.05) is 13.7 Å². The first-order chi connectivity index (χ1) is 10.2. The molecule has 0 spiro atoms. The molecule has 2 aromatic rings. The van der Waals surface area contributed by atoms with E-state index >= 15 is 0 Å². The number of rotatable bonds is 7. The number of hydrogen-bond donors (Lipinski definition) is 1. The van der Waals surface area contributed by atoms with Crippen LogP contribution in [0.2, 0.25) is 0 Å². The maximum absolute atomic E-state index is 5.60. The topological polar surface area (TPSA) is 30.5 Å². The molecule has 1 aromatic carbocycles. The summed E-state index contributed by atoms with van der Waals surface area (Å²) < 4.78 is 11.1. The molecular formula is C17H23NO2S. The molecule has 2 rings (SSSR count). The van der Waals surface area contributed by atoms with Gasteiger partial charge in [0.15, 0.2) is 11.5 Å². The van der Waals surface area contributed by atoms with Crippen LogP contribution in [0.5, 0.6) is 11.5 Å². The standard InChI is InChI=1S/C17H23NO2S/c1-5-20-16-8-6-7-14(17(16)19-4)10-18-11-15-9-12(2)13(3)21-15/h6-9,18H,5,10-11H2,1-4H3. The zero-order valence-electron chi connectivity index (χ0n) is 13.2. The molecule has 114 valence electrons. The highest BCUT2D eigenvalue weighted by atomic mass is 32.1. The smallest absolute Gasteiger partial charge is 0.165 e. The Balaban J connectivity index is 2.01. The summed E-state index contributed by atoms with van der Waals surface area (Å²) in [6.07, 6.45) is 0. The van der Waals surface area contributed by atoms with E-state index in [0.717, 1.165) is 30.2 Å². The van der Waals surface area contributed by atoms with Crippen molar-refractivity contribution >= 4 is 11.3 Å². The number of benzene rings is 1. The molecule has 0 saturated heterocycles. The van der Waals surface area contributed by atoms with E-state index in [9.17, 15) is 0 Å². The average molecular weight is 305 g/mol. The highest BCUT2D eigenvalue weighted by Crippen LogP contribution is 2.31. The molecule has 4 heteroatoms. The van der Waals surface area contributed by atoms with Crippen molar-refractivity contribution in [2.24, 2.45) is 0 Å². The fraction of sp³-hybridized carbons (Fsp3) is 0.412. The molecule has 0 saturated carbocycles. The molecule has 1 aromatic heterocycles. The third kappa shape index (κ3) is 3.99. The lowest BCUT2D eigenvalue weighted by Gasteiger charge is -2.14. The first kappa shape index (κ1) is 15.9. The average Bonchev–Trinajstić information content (AvgIpc) is 2.78. The van der Waals surface area contributed by atoms with Gasteiger partial charge in [-0.3, -0.25) is 0 Å². The summed E-state index contributed by atoms with van der Waals surface area (Å²) in [5, 5.41) is 3.48. The Bertz CT molecular complexity index is 573. The molecule has 1 heterocycles. The Morgan fingerprint density at radius 2 is 2.00 bits per heavy atom. The van der Waals surface area contributed by atoms with Gasteiger partial charge in [0.1, 0.15) is 0 Å². The summed E-state index contributed by atoms with van der Waals surface area (Å²) >= 11 is 1.85. The fourth-order valence-corrected chi connectivity index (χ4v) is 3.28. The van der Waals surface area contributed by atoms with Gasteiger partial charge in [0.25, 0.3) is 0 Å². The minimum atomic E-state index is 0.640. The summed E-state index contributed by atoms with van der Waals surface area (Å²) in [5.41, 5.74) is 2.49. The highest BCUT2D eigenvalue weighted by Gasteiger charge is 2.09. The Morgan fingerprint density at radius 3 is 2.62 bits per heavy atom. The first-order valence-corrected chi connectivity index (χ1v) is 8.02. The molecule has 0 aliphatic carbocycles. The molecule has 1 N–H and O–H groups in total. The van der Waals surface area contributed by atoms with E-state index < -0.39 is 0 Å². The lowest BCUT2D eigenvalue weighted by molar-refractivity contribution is 0.308. The number of aryl methyl sites for hydroxylation is 2. The van der Waals surface area contributed by atoms with Crippen LogP contribution in [-0.4, -0.2) is 13.7 Å². The molecule has 0 amide bonds. The predicted molar refractivity (Wildman–Crippen MR) is 88.5 cm³/mol. The largest absolute Gasteiger partial charge is 0.493 e. The van der Waals surface area contributed by atoms with Gasteiger partial charge in [-0.05, 0) is 38.5 Å². The Kier molecular flexibility index (Phi) is 5.65. The van der Waals surface area contributed by atoms with Crippen molar-refractivity contribution in [3.05, 3.63) is 45.1 Å². The molecular weight excluding hydrogens is 282 g/mol. The first-order valence-electron chi connectivity index (χ1n) is 7.21. The van der Waals surface area contributed by atoms with Crippen LogP contribution < -0.4 is 14.8 Å². The number of methoxy groups -OCH3 is 1. The van der Waals surface area contributed by atoms with Gasteiger partial charge < -0.3 is 14.8 Å². The molecule has 0 aliphatic rings. The predicted octanol–water partition coefficient (Wildman–Crippen LogP) is 4.06. The minimum Gasteiger partial charge on any atom is -0.493 e. The molecule has 0 fully saturated rings. The maximum atomic E-state index is 5.60. The summed E-state index contributed by atoms with van der Waals surface area (Å²) in [6, 6.07) is 8.27. The van der Waals surface area contributed by atoms with Crippen molar-refractivity contribution in [1.82, 2.24) is 5.32 Å². The number of thiophene rings is 1. The minimum absolute atomic E-state index is 0.640. The zero-order chi connectivity index (χ0) is 15.2. The molecule has 3 nitrogen and oxygen atoms in total. The molecule has 0 atom stereocenters. The van der Waals surface area contributed by atoms with Crippen LogP contribution in [-0.2, 0) is 13.1 Å². The van der Waals surface area contributed by atoms with Gasteiger partial charge >= 0.3 is 0 Å². The Morgan fingerprint density at radius 1 is 1.19 bits per heavy atom.